The summed E-state index contributed by atoms with van der Waals surface area (Å²) in [5.41, 5.74) is 3.21. The number of anilines is 1. The standard InChI is InChI=1S/C27H23Cl2N3O3S/c28-26-16-8-3-4-9-17(16)27(29,19-11-6-5-10-18(19)26)22-21(26)23(34)32(24(22)35)14-7-1-2-12-20(33)31-25-30-13-15-36-25/h3-6,8-11,13,15,21-22H,1-2,7,12,14H2,(H,30,31,33)/t21-,22+,26?,27?. The Hall–Kier alpha value is -2.74. The molecule has 6 nitrogen and oxygen atoms in total. The van der Waals surface area contributed by atoms with Crippen molar-refractivity contribution in [2.45, 2.75) is 35.4 Å². The molecule has 1 N–H and O–H groups in total. The van der Waals surface area contributed by atoms with Gasteiger partial charge in [-0.1, -0.05) is 55.0 Å². The minimum Gasteiger partial charge on any atom is -0.302 e. The molecule has 1 saturated heterocycles. The topological polar surface area (TPSA) is 79.4 Å². The molecule has 7 rings (SSSR count). The summed E-state index contributed by atoms with van der Waals surface area (Å²) < 4.78 is 0. The van der Waals surface area contributed by atoms with Crippen molar-refractivity contribution in [2.24, 2.45) is 11.8 Å². The van der Waals surface area contributed by atoms with E-state index in [1.807, 2.05) is 48.5 Å². The molecule has 0 unspecified atom stereocenters. The van der Waals surface area contributed by atoms with Crippen LogP contribution in [0.5, 0.6) is 0 Å². The average molecular weight is 540 g/mol. The Kier molecular flexibility index (Phi) is 5.70. The van der Waals surface area contributed by atoms with Crippen molar-refractivity contribution in [1.82, 2.24) is 9.88 Å². The van der Waals surface area contributed by atoms with Crippen molar-refractivity contribution in [3.8, 4) is 0 Å². The van der Waals surface area contributed by atoms with Crippen molar-refractivity contribution < 1.29 is 14.4 Å². The van der Waals surface area contributed by atoms with Gasteiger partial charge in [0.05, 0.1) is 11.8 Å². The van der Waals surface area contributed by atoms with E-state index in [0.717, 1.165) is 22.3 Å². The highest BCUT2D eigenvalue weighted by molar-refractivity contribution is 7.13. The van der Waals surface area contributed by atoms with Gasteiger partial charge in [-0.2, -0.15) is 0 Å². The van der Waals surface area contributed by atoms with E-state index in [4.69, 9.17) is 23.2 Å². The molecule has 3 aliphatic carbocycles. The van der Waals surface area contributed by atoms with Crippen LogP contribution in [0.2, 0.25) is 0 Å². The smallest absolute Gasteiger partial charge is 0.235 e. The van der Waals surface area contributed by atoms with Crippen molar-refractivity contribution in [1.29, 1.82) is 0 Å². The second-order valence-corrected chi connectivity index (χ2v) is 11.6. The maximum absolute atomic E-state index is 13.7. The van der Waals surface area contributed by atoms with Crippen molar-refractivity contribution >= 4 is 57.4 Å². The Morgan fingerprint density at radius 2 is 1.42 bits per heavy atom. The molecular formula is C27H23Cl2N3O3S. The van der Waals surface area contributed by atoms with Crippen molar-refractivity contribution in [3.05, 3.63) is 82.4 Å². The highest BCUT2D eigenvalue weighted by Gasteiger charge is 2.72. The molecule has 2 atom stereocenters. The number of carbonyl (C=O) groups excluding carboxylic acids is 3. The summed E-state index contributed by atoms with van der Waals surface area (Å²) in [6, 6.07) is 15.3. The van der Waals surface area contributed by atoms with Gasteiger partial charge in [0.15, 0.2) is 5.13 Å². The summed E-state index contributed by atoms with van der Waals surface area (Å²) in [6.07, 6.45) is 3.95. The Balaban J connectivity index is 1.21. The molecule has 0 spiro atoms. The van der Waals surface area contributed by atoms with E-state index in [1.165, 1.54) is 16.2 Å². The lowest BCUT2D eigenvalue weighted by atomic mass is 9.54. The first-order chi connectivity index (χ1) is 17.4. The van der Waals surface area contributed by atoms with Crippen LogP contribution in [0.25, 0.3) is 0 Å². The van der Waals surface area contributed by atoms with E-state index < -0.39 is 21.6 Å². The summed E-state index contributed by atoms with van der Waals surface area (Å²) in [4.78, 5) is 42.7. The Labute approximate surface area is 222 Å². The first-order valence-electron chi connectivity index (χ1n) is 12.0. The molecule has 2 aromatic carbocycles. The number of carbonyl (C=O) groups is 3. The third-order valence-electron chi connectivity index (χ3n) is 7.64. The molecule has 2 bridgehead atoms. The molecule has 1 aromatic heterocycles. The highest BCUT2D eigenvalue weighted by Crippen LogP contribution is 2.69. The van der Waals surface area contributed by atoms with E-state index in [1.54, 1.807) is 11.6 Å². The van der Waals surface area contributed by atoms with Gasteiger partial charge < -0.3 is 5.32 Å². The second-order valence-electron chi connectivity index (χ2n) is 9.49. The van der Waals surface area contributed by atoms with Gasteiger partial charge in [0, 0.05) is 24.5 Å². The van der Waals surface area contributed by atoms with Crippen LogP contribution in [0.4, 0.5) is 5.13 Å². The highest BCUT2D eigenvalue weighted by atomic mass is 35.5. The van der Waals surface area contributed by atoms with Crippen molar-refractivity contribution in [3.63, 3.8) is 0 Å². The maximum Gasteiger partial charge on any atom is 0.235 e. The number of hydrogen-bond acceptors (Lipinski definition) is 5. The van der Waals surface area contributed by atoms with E-state index in [2.05, 4.69) is 10.3 Å². The average Bonchev–Trinajstić information content (AvgIpc) is 3.48. The molecule has 3 amide bonds. The number of benzene rings is 2. The minimum absolute atomic E-state index is 0.0930. The number of halogens is 2. The Morgan fingerprint density at radius 1 is 0.889 bits per heavy atom. The van der Waals surface area contributed by atoms with Gasteiger partial charge in [-0.15, -0.1) is 34.5 Å². The molecule has 3 aromatic rings. The lowest BCUT2D eigenvalue weighted by molar-refractivity contribution is -0.140. The summed E-state index contributed by atoms with van der Waals surface area (Å²) >= 11 is 16.2. The van der Waals surface area contributed by atoms with Crippen LogP contribution in [0.3, 0.4) is 0 Å². The molecule has 1 fully saturated rings. The van der Waals surface area contributed by atoms with Gasteiger partial charge in [0.25, 0.3) is 0 Å². The van der Waals surface area contributed by atoms with Crippen LogP contribution < -0.4 is 5.32 Å². The molecule has 0 saturated carbocycles. The first kappa shape index (κ1) is 23.6. The monoisotopic (exact) mass is 539 g/mol. The first-order valence-corrected chi connectivity index (χ1v) is 13.6. The predicted molar refractivity (Wildman–Crippen MR) is 139 cm³/mol. The van der Waals surface area contributed by atoms with Gasteiger partial charge in [-0.05, 0) is 35.1 Å². The third kappa shape index (κ3) is 3.22. The van der Waals surface area contributed by atoms with E-state index in [-0.39, 0.29) is 24.3 Å². The third-order valence-corrected chi connectivity index (χ3v) is 9.61. The Bertz CT molecular complexity index is 1250. The van der Waals surface area contributed by atoms with Crippen LogP contribution in [0.15, 0.2) is 60.1 Å². The Morgan fingerprint density at radius 3 is 1.89 bits per heavy atom. The zero-order chi connectivity index (χ0) is 25.1. The number of nitrogens with one attached hydrogen (secondary N) is 1. The SMILES string of the molecule is O=C(CCCCCN1C(=O)[C@@H]2[C@H](C1=O)C1(Cl)c3ccccc3C2(Cl)c2ccccc21)Nc1nccs1. The lowest BCUT2D eigenvalue weighted by Crippen LogP contribution is -2.57. The molecule has 36 heavy (non-hydrogen) atoms. The molecule has 9 heteroatoms. The number of aromatic nitrogens is 1. The molecule has 1 aliphatic heterocycles. The number of thiazole rings is 1. The number of imide groups is 1. The number of nitrogens with zero attached hydrogens (tertiary/aromatic N) is 2. The molecule has 4 aliphatic rings. The van der Waals surface area contributed by atoms with Gasteiger partial charge >= 0.3 is 0 Å². The number of alkyl halides is 2. The van der Waals surface area contributed by atoms with E-state index in [0.29, 0.717) is 30.8 Å². The number of rotatable bonds is 7. The fourth-order valence-electron chi connectivity index (χ4n) is 6.14. The lowest BCUT2D eigenvalue weighted by Gasteiger charge is -2.54. The van der Waals surface area contributed by atoms with Crippen LogP contribution in [-0.4, -0.2) is 34.2 Å². The van der Waals surface area contributed by atoms with E-state index >= 15 is 0 Å². The minimum atomic E-state index is -1.15. The molecule has 0 radical (unpaired) electrons. The predicted octanol–water partition coefficient (Wildman–Crippen LogP) is 5.24. The van der Waals surface area contributed by atoms with Crippen LogP contribution in [-0.2, 0) is 24.1 Å². The number of unbranched alkanes of at least 4 members (excludes halogenated alkanes) is 2. The summed E-state index contributed by atoms with van der Waals surface area (Å²) in [6.45, 7) is 0.283. The fourth-order valence-corrected chi connectivity index (χ4v) is 7.79. The van der Waals surface area contributed by atoms with Crippen LogP contribution >= 0.6 is 34.5 Å². The molecular weight excluding hydrogens is 517 g/mol. The van der Waals surface area contributed by atoms with Gasteiger partial charge in [0.1, 0.15) is 9.75 Å². The zero-order valence-corrected chi connectivity index (χ0v) is 21.6. The quantitative estimate of drug-likeness (QED) is 0.253. The van der Waals surface area contributed by atoms with Crippen molar-refractivity contribution in [2.75, 3.05) is 11.9 Å². The largest absolute Gasteiger partial charge is 0.302 e. The van der Waals surface area contributed by atoms with Gasteiger partial charge in [-0.25, -0.2) is 4.98 Å². The zero-order valence-electron chi connectivity index (χ0n) is 19.2. The molecule has 184 valence electrons. The number of hydrogen-bond donors (Lipinski definition) is 1. The van der Waals surface area contributed by atoms with Gasteiger partial charge in [0.2, 0.25) is 17.7 Å². The summed E-state index contributed by atoms with van der Waals surface area (Å²) in [5, 5.41) is 5.15. The molecule has 2 heterocycles. The van der Waals surface area contributed by atoms with Gasteiger partial charge in [-0.3, -0.25) is 19.3 Å². The number of likely N-dealkylation sites (tertiary alicyclic amines) is 1. The van der Waals surface area contributed by atoms with Crippen LogP contribution in [0.1, 0.15) is 47.9 Å². The summed E-state index contributed by atoms with van der Waals surface area (Å²) in [5.74, 6) is -2.16. The maximum atomic E-state index is 13.7. The normalized spacial score (nSPS) is 27.6. The van der Waals surface area contributed by atoms with Crippen LogP contribution in [0, 0.1) is 11.8 Å². The van der Waals surface area contributed by atoms with E-state index in [9.17, 15) is 14.4 Å². The number of amides is 3. The second kappa shape index (κ2) is 8.68. The fraction of sp³-hybridized carbons (Fsp3) is 0.333. The summed E-state index contributed by atoms with van der Waals surface area (Å²) in [7, 11) is 0.